The standard InChI is InChI=1S/C25H34N8O2S/c1-6-35-23(34)22-17(2)27-25(36-22)30-24-28-20(32(5)16-18-8-7-11-26-15-18)14-21(29-24)33-12-9-19(10-13-33)31(3)4/h7-8,11,14-15,19H,6,9-10,12-13,16H2,1-5H3,(H,27,28,29,30). The van der Waals surface area contributed by atoms with Gasteiger partial charge in [0.05, 0.1) is 12.3 Å². The summed E-state index contributed by atoms with van der Waals surface area (Å²) in [5.41, 5.74) is 1.72. The Labute approximate surface area is 216 Å². The molecule has 3 aromatic heterocycles. The number of hydrogen-bond donors (Lipinski definition) is 1. The van der Waals surface area contributed by atoms with Crippen LogP contribution in [0.1, 0.15) is 40.7 Å². The van der Waals surface area contributed by atoms with Crippen molar-refractivity contribution in [2.45, 2.75) is 39.3 Å². The van der Waals surface area contributed by atoms with Crippen LogP contribution in [0.2, 0.25) is 0 Å². The molecule has 4 heterocycles. The van der Waals surface area contributed by atoms with Gasteiger partial charge in [0, 0.05) is 51.2 Å². The summed E-state index contributed by atoms with van der Waals surface area (Å²) in [6.07, 6.45) is 5.79. The number of anilines is 4. The lowest BCUT2D eigenvalue weighted by Gasteiger charge is -2.36. The predicted octanol–water partition coefficient (Wildman–Crippen LogP) is 3.72. The summed E-state index contributed by atoms with van der Waals surface area (Å²) >= 11 is 1.25. The molecule has 11 heteroatoms. The molecule has 4 rings (SSSR count). The van der Waals surface area contributed by atoms with Crippen LogP contribution in [0.5, 0.6) is 0 Å². The molecule has 1 saturated heterocycles. The van der Waals surface area contributed by atoms with Crippen molar-refractivity contribution < 1.29 is 9.53 Å². The second-order valence-electron chi connectivity index (χ2n) is 9.09. The van der Waals surface area contributed by atoms with Gasteiger partial charge in [0.15, 0.2) is 5.13 Å². The minimum Gasteiger partial charge on any atom is -0.462 e. The molecule has 1 N–H and O–H groups in total. The van der Waals surface area contributed by atoms with Gasteiger partial charge in [0.2, 0.25) is 5.95 Å². The number of thiazole rings is 1. The Morgan fingerprint density at radius 1 is 1.22 bits per heavy atom. The van der Waals surface area contributed by atoms with E-state index in [0.29, 0.717) is 40.8 Å². The molecule has 36 heavy (non-hydrogen) atoms. The number of rotatable bonds is 9. The second kappa shape index (κ2) is 11.6. The number of piperidine rings is 1. The van der Waals surface area contributed by atoms with E-state index in [2.05, 4.69) is 44.1 Å². The van der Waals surface area contributed by atoms with Gasteiger partial charge in [-0.25, -0.2) is 9.78 Å². The molecule has 192 valence electrons. The van der Waals surface area contributed by atoms with E-state index in [0.717, 1.165) is 43.1 Å². The van der Waals surface area contributed by atoms with Crippen molar-refractivity contribution >= 4 is 40.0 Å². The van der Waals surface area contributed by atoms with Crippen molar-refractivity contribution in [3.05, 3.63) is 46.7 Å². The summed E-state index contributed by atoms with van der Waals surface area (Å²) in [6.45, 7) is 6.42. The molecule has 0 saturated carbocycles. The molecule has 0 spiro atoms. The van der Waals surface area contributed by atoms with Gasteiger partial charge in [-0.2, -0.15) is 9.97 Å². The topological polar surface area (TPSA) is 99.6 Å². The highest BCUT2D eigenvalue weighted by atomic mass is 32.1. The number of aromatic nitrogens is 4. The van der Waals surface area contributed by atoms with Gasteiger partial charge in [-0.1, -0.05) is 17.4 Å². The maximum atomic E-state index is 12.3. The van der Waals surface area contributed by atoms with Crippen molar-refractivity contribution in [2.75, 3.05) is 56.0 Å². The summed E-state index contributed by atoms with van der Waals surface area (Å²) < 4.78 is 5.15. The maximum absolute atomic E-state index is 12.3. The molecule has 0 atom stereocenters. The average molecular weight is 511 g/mol. The Balaban J connectivity index is 1.60. The van der Waals surface area contributed by atoms with Gasteiger partial charge in [-0.05, 0) is 52.4 Å². The van der Waals surface area contributed by atoms with Crippen LogP contribution < -0.4 is 15.1 Å². The Bertz CT molecular complexity index is 1160. The zero-order chi connectivity index (χ0) is 25.7. The van der Waals surface area contributed by atoms with E-state index >= 15 is 0 Å². The number of carbonyl (C=O) groups is 1. The van der Waals surface area contributed by atoms with Gasteiger partial charge in [-0.3, -0.25) is 10.3 Å². The number of aryl methyl sites for hydroxylation is 1. The van der Waals surface area contributed by atoms with Gasteiger partial charge in [0.1, 0.15) is 16.5 Å². The van der Waals surface area contributed by atoms with Crippen LogP contribution in [-0.2, 0) is 11.3 Å². The quantitative estimate of drug-likeness (QED) is 0.429. The number of hydrogen-bond acceptors (Lipinski definition) is 11. The fourth-order valence-corrected chi connectivity index (χ4v) is 5.08. The summed E-state index contributed by atoms with van der Waals surface area (Å²) in [7, 11) is 6.28. The van der Waals surface area contributed by atoms with Gasteiger partial charge >= 0.3 is 5.97 Å². The third kappa shape index (κ3) is 6.27. The highest BCUT2D eigenvalue weighted by Gasteiger charge is 2.23. The number of carbonyl (C=O) groups excluding carboxylic acids is 1. The molecule has 1 aliphatic heterocycles. The Hall–Kier alpha value is -3.31. The van der Waals surface area contributed by atoms with Gasteiger partial charge < -0.3 is 19.4 Å². The number of esters is 1. The van der Waals surface area contributed by atoms with Gasteiger partial charge in [0.25, 0.3) is 0 Å². The van der Waals surface area contributed by atoms with E-state index in [1.165, 1.54) is 11.3 Å². The molecule has 0 bridgehead atoms. The van der Waals surface area contributed by atoms with E-state index in [4.69, 9.17) is 14.7 Å². The largest absolute Gasteiger partial charge is 0.462 e. The smallest absolute Gasteiger partial charge is 0.350 e. The molecule has 1 aliphatic rings. The molecule has 10 nitrogen and oxygen atoms in total. The van der Waals surface area contributed by atoms with Crippen LogP contribution in [0.3, 0.4) is 0 Å². The third-order valence-corrected chi connectivity index (χ3v) is 7.28. The van der Waals surface area contributed by atoms with Crippen molar-refractivity contribution in [2.24, 2.45) is 0 Å². The molecular formula is C25H34N8O2S. The van der Waals surface area contributed by atoms with E-state index in [9.17, 15) is 4.79 Å². The second-order valence-corrected chi connectivity index (χ2v) is 10.1. The third-order valence-electron chi connectivity index (χ3n) is 6.23. The Kier molecular flexibility index (Phi) is 8.32. The molecule has 1 fully saturated rings. The molecule has 0 amide bonds. The van der Waals surface area contributed by atoms with E-state index in [-0.39, 0.29) is 5.97 Å². The average Bonchev–Trinajstić information content (AvgIpc) is 3.24. The normalized spacial score (nSPS) is 14.2. The lowest BCUT2D eigenvalue weighted by Crippen LogP contribution is -2.42. The molecule has 0 radical (unpaired) electrons. The molecular weight excluding hydrogens is 476 g/mol. The fourth-order valence-electron chi connectivity index (χ4n) is 4.22. The van der Waals surface area contributed by atoms with Gasteiger partial charge in [-0.15, -0.1) is 0 Å². The highest BCUT2D eigenvalue weighted by Crippen LogP contribution is 2.29. The monoisotopic (exact) mass is 510 g/mol. The molecule has 0 aliphatic carbocycles. The molecule has 3 aromatic rings. The summed E-state index contributed by atoms with van der Waals surface area (Å²) in [6, 6.07) is 6.59. The van der Waals surface area contributed by atoms with Crippen LogP contribution >= 0.6 is 11.3 Å². The van der Waals surface area contributed by atoms with E-state index in [1.54, 1.807) is 20.0 Å². The molecule has 0 aromatic carbocycles. The van der Waals surface area contributed by atoms with Crippen LogP contribution in [0, 0.1) is 6.92 Å². The summed E-state index contributed by atoms with van der Waals surface area (Å²) in [4.78, 5) is 37.8. The number of nitrogens with zero attached hydrogens (tertiary/aromatic N) is 7. The molecule has 0 unspecified atom stereocenters. The SMILES string of the molecule is CCOC(=O)c1sc(Nc2nc(N(C)Cc3cccnc3)cc(N3CCC(N(C)C)CC3)n2)nc1C. The minimum absolute atomic E-state index is 0.321. The zero-order valence-corrected chi connectivity index (χ0v) is 22.4. The van der Waals surface area contributed by atoms with Crippen molar-refractivity contribution in [1.82, 2.24) is 24.8 Å². The lowest BCUT2D eigenvalue weighted by molar-refractivity contribution is 0.0531. The van der Waals surface area contributed by atoms with Crippen LogP contribution in [0.25, 0.3) is 0 Å². The number of pyridine rings is 1. The number of ether oxygens (including phenoxy) is 1. The van der Waals surface area contributed by atoms with Crippen molar-refractivity contribution in [1.29, 1.82) is 0 Å². The fraction of sp³-hybridized carbons (Fsp3) is 0.480. The predicted molar refractivity (Wildman–Crippen MR) is 143 cm³/mol. The Morgan fingerprint density at radius 2 is 2.00 bits per heavy atom. The van der Waals surface area contributed by atoms with E-state index < -0.39 is 0 Å². The van der Waals surface area contributed by atoms with Crippen LogP contribution in [0.15, 0.2) is 30.6 Å². The number of nitrogens with one attached hydrogen (secondary N) is 1. The maximum Gasteiger partial charge on any atom is 0.350 e. The van der Waals surface area contributed by atoms with Crippen LogP contribution in [-0.4, -0.2) is 77.7 Å². The van der Waals surface area contributed by atoms with Crippen molar-refractivity contribution in [3.63, 3.8) is 0 Å². The Morgan fingerprint density at radius 3 is 2.67 bits per heavy atom. The first-order valence-corrected chi connectivity index (χ1v) is 13.0. The summed E-state index contributed by atoms with van der Waals surface area (Å²) in [5.74, 6) is 1.74. The lowest BCUT2D eigenvalue weighted by atomic mass is 10.0. The zero-order valence-electron chi connectivity index (χ0n) is 21.6. The first-order chi connectivity index (χ1) is 17.3. The van der Waals surface area contributed by atoms with E-state index in [1.807, 2.05) is 31.4 Å². The minimum atomic E-state index is -0.365. The first kappa shape index (κ1) is 25.8. The van der Waals surface area contributed by atoms with Crippen molar-refractivity contribution in [3.8, 4) is 0 Å². The first-order valence-electron chi connectivity index (χ1n) is 12.2. The summed E-state index contributed by atoms with van der Waals surface area (Å²) in [5, 5.41) is 3.79. The van der Waals surface area contributed by atoms with Crippen LogP contribution in [0.4, 0.5) is 22.7 Å². The highest BCUT2D eigenvalue weighted by molar-refractivity contribution is 7.17.